The summed E-state index contributed by atoms with van der Waals surface area (Å²) in [7, 11) is 0. The Bertz CT molecular complexity index is 247. The van der Waals surface area contributed by atoms with Gasteiger partial charge in [0.05, 0.1) is 14.6 Å². The van der Waals surface area contributed by atoms with Crippen LogP contribution in [0.15, 0.2) is 23.8 Å². The molecule has 0 aliphatic carbocycles. The summed E-state index contributed by atoms with van der Waals surface area (Å²) in [6.45, 7) is 3.79. The van der Waals surface area contributed by atoms with Crippen LogP contribution >= 0.6 is 66.7 Å². The van der Waals surface area contributed by atoms with Gasteiger partial charge >= 0.3 is 0 Å². The minimum Gasteiger partial charge on any atom is -0.114 e. The number of alkyl halides is 4. The van der Waals surface area contributed by atoms with E-state index < -0.39 is 9.75 Å². The highest BCUT2D eigenvalue weighted by molar-refractivity contribution is 9.09. The van der Waals surface area contributed by atoms with Gasteiger partial charge in [0.1, 0.15) is 0 Å². The monoisotopic (exact) mass is 396 g/mol. The molecule has 0 fully saturated rings. The Balaban J connectivity index is 4.55. The van der Waals surface area contributed by atoms with Crippen molar-refractivity contribution in [2.75, 3.05) is 5.33 Å². The van der Waals surface area contributed by atoms with E-state index in [1.165, 1.54) is 5.54 Å². The summed E-state index contributed by atoms with van der Waals surface area (Å²) in [4.78, 5) is -0.986. The van der Waals surface area contributed by atoms with Crippen molar-refractivity contribution in [3.63, 3.8) is 0 Å². The van der Waals surface area contributed by atoms with Crippen LogP contribution in [-0.2, 0) is 0 Å². The molecule has 0 spiro atoms. The highest BCUT2D eigenvalue weighted by Gasteiger charge is 2.26. The zero-order valence-corrected chi connectivity index (χ0v) is 13.9. The van der Waals surface area contributed by atoms with Gasteiger partial charge in [-0.25, -0.2) is 0 Å². The zero-order chi connectivity index (χ0) is 12.1. The van der Waals surface area contributed by atoms with Crippen molar-refractivity contribution in [1.82, 2.24) is 0 Å². The highest BCUT2D eigenvalue weighted by Crippen LogP contribution is 2.30. The molecule has 0 saturated carbocycles. The van der Waals surface area contributed by atoms with E-state index in [-0.39, 0.29) is 4.83 Å². The number of halogens is 5. The SMILES string of the molecule is C[C@@](Cl)(/C=C/[C@H](Br)[C@](C)(Cl)/C=C/Cl)CBr. The van der Waals surface area contributed by atoms with Crippen molar-refractivity contribution >= 4 is 66.7 Å². The fourth-order valence-corrected chi connectivity index (χ4v) is 1.76. The summed E-state index contributed by atoms with van der Waals surface area (Å²) in [6.07, 6.45) is 5.56. The summed E-state index contributed by atoms with van der Waals surface area (Å²) in [5.74, 6) is 0. The molecular weight excluding hydrogens is 386 g/mol. The van der Waals surface area contributed by atoms with Crippen molar-refractivity contribution in [3.8, 4) is 0 Å². The van der Waals surface area contributed by atoms with Gasteiger partial charge in [-0.15, -0.1) is 23.2 Å². The number of hydrogen-bond donors (Lipinski definition) is 0. The fraction of sp³-hybridized carbons (Fsp3) is 0.600. The van der Waals surface area contributed by atoms with E-state index in [0.29, 0.717) is 5.33 Å². The van der Waals surface area contributed by atoms with Crippen LogP contribution in [0.4, 0.5) is 0 Å². The molecule has 0 aromatic rings. The number of rotatable bonds is 5. The molecule has 0 bridgehead atoms. The van der Waals surface area contributed by atoms with Gasteiger partial charge in [0.15, 0.2) is 0 Å². The van der Waals surface area contributed by atoms with Crippen molar-refractivity contribution < 1.29 is 0 Å². The molecule has 0 rings (SSSR count). The molecule has 15 heavy (non-hydrogen) atoms. The average molecular weight is 399 g/mol. The van der Waals surface area contributed by atoms with E-state index in [4.69, 9.17) is 34.8 Å². The maximum atomic E-state index is 6.23. The predicted molar refractivity (Wildman–Crippen MR) is 79.2 cm³/mol. The molecule has 0 heterocycles. The van der Waals surface area contributed by atoms with Gasteiger partial charge in [-0.1, -0.05) is 61.7 Å². The summed E-state index contributed by atoms with van der Waals surface area (Å²) < 4.78 is 0. The summed E-state index contributed by atoms with van der Waals surface area (Å²) >= 11 is 24.7. The Hall–Kier alpha value is 1.31. The van der Waals surface area contributed by atoms with Crippen LogP contribution in [0.2, 0.25) is 0 Å². The molecule has 88 valence electrons. The topological polar surface area (TPSA) is 0 Å². The Kier molecular flexibility index (Phi) is 7.51. The fourth-order valence-electron chi connectivity index (χ4n) is 0.733. The van der Waals surface area contributed by atoms with Gasteiger partial charge in [-0.05, 0) is 13.8 Å². The molecule has 0 N–H and O–H groups in total. The Morgan fingerprint density at radius 2 is 1.80 bits per heavy atom. The van der Waals surface area contributed by atoms with E-state index in [0.717, 1.165) is 0 Å². The molecule has 0 aromatic carbocycles. The van der Waals surface area contributed by atoms with E-state index >= 15 is 0 Å². The lowest BCUT2D eigenvalue weighted by Crippen LogP contribution is -2.25. The summed E-state index contributed by atoms with van der Waals surface area (Å²) in [5.41, 5.74) is 1.42. The minimum atomic E-state index is -0.558. The number of hydrogen-bond acceptors (Lipinski definition) is 0. The van der Waals surface area contributed by atoms with Gasteiger partial charge in [-0.3, -0.25) is 0 Å². The van der Waals surface area contributed by atoms with Crippen LogP contribution in [-0.4, -0.2) is 19.9 Å². The van der Waals surface area contributed by atoms with Crippen LogP contribution in [0.3, 0.4) is 0 Å². The molecule has 0 radical (unpaired) electrons. The van der Waals surface area contributed by atoms with E-state index in [1.54, 1.807) is 6.08 Å². The third-order valence-electron chi connectivity index (χ3n) is 1.80. The van der Waals surface area contributed by atoms with Crippen LogP contribution < -0.4 is 0 Å². The van der Waals surface area contributed by atoms with Crippen molar-refractivity contribution in [2.24, 2.45) is 0 Å². The molecule has 0 unspecified atom stereocenters. The first-order valence-corrected chi connectivity index (χ1v) is 7.53. The lowest BCUT2D eigenvalue weighted by atomic mass is 10.1. The third kappa shape index (κ3) is 6.58. The molecular formula is C10H13Br2Cl3. The van der Waals surface area contributed by atoms with Crippen molar-refractivity contribution in [1.29, 1.82) is 0 Å². The normalized spacial score (nSPS) is 22.9. The van der Waals surface area contributed by atoms with Gasteiger partial charge in [0, 0.05) is 10.9 Å². The second-order valence-corrected chi connectivity index (χ2v) is 7.09. The van der Waals surface area contributed by atoms with Crippen LogP contribution in [0, 0.1) is 0 Å². The molecule has 3 atom stereocenters. The summed E-state index contributed by atoms with van der Waals surface area (Å²) in [5, 5.41) is 0.683. The molecule has 5 heteroatoms. The van der Waals surface area contributed by atoms with Gasteiger partial charge in [-0.2, -0.15) is 0 Å². The van der Waals surface area contributed by atoms with Crippen molar-refractivity contribution in [3.05, 3.63) is 23.8 Å². The van der Waals surface area contributed by atoms with Crippen LogP contribution in [0.25, 0.3) is 0 Å². The molecule has 0 nitrogen and oxygen atoms in total. The Labute approximate surface area is 123 Å². The molecule has 0 amide bonds. The number of allylic oxidation sites excluding steroid dienone is 3. The first kappa shape index (κ1) is 16.3. The Morgan fingerprint density at radius 3 is 2.20 bits per heavy atom. The lowest BCUT2D eigenvalue weighted by Gasteiger charge is -2.22. The zero-order valence-electron chi connectivity index (χ0n) is 8.48. The quantitative estimate of drug-likeness (QED) is 0.426. The molecule has 0 aromatic heterocycles. The van der Waals surface area contributed by atoms with Gasteiger partial charge < -0.3 is 0 Å². The summed E-state index contributed by atoms with van der Waals surface area (Å²) in [6, 6.07) is 0. The first-order valence-electron chi connectivity index (χ1n) is 4.30. The van der Waals surface area contributed by atoms with Crippen LogP contribution in [0.5, 0.6) is 0 Å². The van der Waals surface area contributed by atoms with E-state index in [9.17, 15) is 0 Å². The van der Waals surface area contributed by atoms with Gasteiger partial charge in [0.2, 0.25) is 0 Å². The third-order valence-corrected chi connectivity index (χ3v) is 5.56. The molecule has 0 aliphatic heterocycles. The highest BCUT2D eigenvalue weighted by atomic mass is 79.9. The second kappa shape index (κ2) is 6.90. The average Bonchev–Trinajstić information content (AvgIpc) is 2.14. The second-order valence-electron chi connectivity index (χ2n) is 3.62. The lowest BCUT2D eigenvalue weighted by molar-refractivity contribution is 0.807. The van der Waals surface area contributed by atoms with E-state index in [2.05, 4.69) is 31.9 Å². The largest absolute Gasteiger partial charge is 0.114 e. The Morgan fingerprint density at radius 1 is 1.27 bits per heavy atom. The standard InChI is InChI=1S/C10H13Br2Cl3/c1-9(14,7-11)4-3-8(12)10(2,15)5-6-13/h3-6,8H,7H2,1-2H3/b4-3+,6-5+/t8-,9+,10+/m0/s1. The maximum Gasteiger partial charge on any atom is 0.0768 e. The molecule has 0 saturated heterocycles. The predicted octanol–water partition coefficient (Wildman–Crippen LogP) is 5.45. The maximum absolute atomic E-state index is 6.23. The minimum absolute atomic E-state index is 0.0289. The smallest absolute Gasteiger partial charge is 0.0768 e. The van der Waals surface area contributed by atoms with E-state index in [1.807, 2.05) is 26.0 Å². The first-order chi connectivity index (χ1) is 6.75. The van der Waals surface area contributed by atoms with Gasteiger partial charge in [0.25, 0.3) is 0 Å². The van der Waals surface area contributed by atoms with Crippen molar-refractivity contribution in [2.45, 2.75) is 28.4 Å². The molecule has 0 aliphatic rings. The van der Waals surface area contributed by atoms with Crippen LogP contribution in [0.1, 0.15) is 13.8 Å².